The van der Waals surface area contributed by atoms with E-state index in [1.807, 2.05) is 0 Å². The van der Waals surface area contributed by atoms with Crippen molar-refractivity contribution in [2.24, 2.45) is 0 Å². The number of ether oxygens (including phenoxy) is 2. The topological polar surface area (TPSA) is 104 Å². The Hall–Kier alpha value is -3.47. The maximum Gasteiger partial charge on any atom is 0.329 e. The van der Waals surface area contributed by atoms with Crippen molar-refractivity contribution in [2.45, 2.75) is 25.8 Å². The zero-order valence-electron chi connectivity index (χ0n) is 17.7. The fourth-order valence-electron chi connectivity index (χ4n) is 3.89. The highest BCUT2D eigenvalue weighted by Gasteiger charge is 2.37. The molecule has 0 saturated heterocycles. The normalized spacial score (nSPS) is 13.6. The minimum atomic E-state index is -1.000. The third-order valence-corrected chi connectivity index (χ3v) is 5.45. The summed E-state index contributed by atoms with van der Waals surface area (Å²) in [5.74, 6) is -2.48. The molecule has 2 amide bonds. The molecule has 0 atom stereocenters. The lowest BCUT2D eigenvalue weighted by molar-refractivity contribution is 0.249. The van der Waals surface area contributed by atoms with Crippen LogP contribution < -0.4 is 19.3 Å². The Morgan fingerprint density at radius 2 is 1.81 bits per heavy atom. The van der Waals surface area contributed by atoms with Gasteiger partial charge in [0.05, 0.1) is 38.0 Å². The molecule has 4 rings (SSSR count). The summed E-state index contributed by atoms with van der Waals surface area (Å²) in [5, 5.41) is 16.5. The number of halogens is 2. The van der Waals surface area contributed by atoms with Gasteiger partial charge in [0.25, 0.3) is 0 Å². The number of H-pyrrole nitrogens is 1. The standard InChI is InChI=1S/C21H23F2N5O4/c1-31-14-8-15(32-2)17(23)19(16(14)22)28-11-12-9-24-20-13(10-25-26-20)18(12)27(21(28)30)6-4-3-5-7-29/h8-10,29H,3-7,11H2,1-2H3,(H,24,25,26). The lowest BCUT2D eigenvalue weighted by Crippen LogP contribution is -2.48. The van der Waals surface area contributed by atoms with Crippen LogP contribution in [0.3, 0.4) is 0 Å². The molecule has 0 fully saturated rings. The summed E-state index contributed by atoms with van der Waals surface area (Å²) < 4.78 is 40.4. The number of rotatable bonds is 8. The number of benzene rings is 1. The fraction of sp³-hybridized carbons (Fsp3) is 0.381. The van der Waals surface area contributed by atoms with Crippen LogP contribution in [0.25, 0.3) is 11.0 Å². The van der Waals surface area contributed by atoms with Crippen LogP contribution >= 0.6 is 0 Å². The number of hydrogen-bond acceptors (Lipinski definition) is 6. The van der Waals surface area contributed by atoms with Gasteiger partial charge in [0.15, 0.2) is 28.8 Å². The molecule has 3 heterocycles. The van der Waals surface area contributed by atoms with Crippen molar-refractivity contribution in [3.8, 4) is 11.5 Å². The van der Waals surface area contributed by atoms with Crippen molar-refractivity contribution in [1.82, 2.24) is 15.2 Å². The number of urea groups is 1. The first-order valence-corrected chi connectivity index (χ1v) is 10.1. The summed E-state index contributed by atoms with van der Waals surface area (Å²) in [7, 11) is 2.50. The molecule has 32 heavy (non-hydrogen) atoms. The van der Waals surface area contributed by atoms with Gasteiger partial charge in [-0.15, -0.1) is 0 Å². The minimum absolute atomic E-state index is 0.0482. The number of methoxy groups -OCH3 is 2. The Morgan fingerprint density at radius 3 is 2.47 bits per heavy atom. The second-order valence-electron chi connectivity index (χ2n) is 7.33. The Kier molecular flexibility index (Phi) is 6.08. The zero-order valence-corrected chi connectivity index (χ0v) is 17.7. The minimum Gasteiger partial charge on any atom is -0.493 e. The van der Waals surface area contributed by atoms with Crippen LogP contribution in [0.1, 0.15) is 24.8 Å². The van der Waals surface area contributed by atoms with E-state index in [1.165, 1.54) is 19.1 Å². The van der Waals surface area contributed by atoms with Crippen LogP contribution in [-0.4, -0.2) is 53.7 Å². The summed E-state index contributed by atoms with van der Waals surface area (Å²) in [6.07, 6.45) is 4.99. The number of carbonyl (C=O) groups is 1. The molecule has 170 valence electrons. The summed E-state index contributed by atoms with van der Waals surface area (Å²) in [6, 6.07) is 0.503. The Balaban J connectivity index is 1.83. The molecule has 0 radical (unpaired) electrons. The summed E-state index contributed by atoms with van der Waals surface area (Å²) in [5.41, 5.74) is 1.17. The van der Waals surface area contributed by atoms with Crippen molar-refractivity contribution in [1.29, 1.82) is 0 Å². The first kappa shape index (κ1) is 21.8. The molecule has 0 aliphatic carbocycles. The van der Waals surface area contributed by atoms with Crippen LogP contribution in [0.4, 0.5) is 25.0 Å². The quantitative estimate of drug-likeness (QED) is 0.513. The third-order valence-electron chi connectivity index (χ3n) is 5.45. The van der Waals surface area contributed by atoms with E-state index in [9.17, 15) is 4.79 Å². The largest absolute Gasteiger partial charge is 0.493 e. The molecule has 1 aromatic carbocycles. The van der Waals surface area contributed by atoms with Gasteiger partial charge in [0.2, 0.25) is 0 Å². The molecule has 2 N–H and O–H groups in total. The highest BCUT2D eigenvalue weighted by molar-refractivity contribution is 6.11. The lowest BCUT2D eigenvalue weighted by atomic mass is 10.1. The third kappa shape index (κ3) is 3.58. The second kappa shape index (κ2) is 8.95. The Morgan fingerprint density at radius 1 is 1.09 bits per heavy atom. The van der Waals surface area contributed by atoms with E-state index < -0.39 is 23.4 Å². The molecule has 2 aromatic heterocycles. The monoisotopic (exact) mass is 447 g/mol. The molecule has 11 heteroatoms. The van der Waals surface area contributed by atoms with Crippen molar-refractivity contribution < 1.29 is 28.2 Å². The number of fused-ring (bicyclic) bond motifs is 3. The SMILES string of the molecule is COc1cc(OC)c(F)c(N2Cc3cnc4[nH]ncc4c3N(CCCCCO)C2=O)c1F. The van der Waals surface area contributed by atoms with E-state index in [0.717, 1.165) is 11.0 Å². The molecular weight excluding hydrogens is 424 g/mol. The number of aromatic nitrogens is 3. The van der Waals surface area contributed by atoms with Gasteiger partial charge >= 0.3 is 6.03 Å². The van der Waals surface area contributed by atoms with Crippen LogP contribution in [0.5, 0.6) is 11.5 Å². The van der Waals surface area contributed by atoms with E-state index in [0.29, 0.717) is 41.5 Å². The van der Waals surface area contributed by atoms with Gasteiger partial charge in [-0.3, -0.25) is 14.9 Å². The summed E-state index contributed by atoms with van der Waals surface area (Å²) in [4.78, 5) is 20.4. The molecule has 9 nitrogen and oxygen atoms in total. The van der Waals surface area contributed by atoms with Crippen LogP contribution in [0.2, 0.25) is 0 Å². The number of nitrogens with one attached hydrogen (secondary N) is 1. The van der Waals surface area contributed by atoms with E-state index >= 15 is 8.78 Å². The van der Waals surface area contributed by atoms with Gasteiger partial charge in [-0.05, 0) is 19.3 Å². The molecule has 0 unspecified atom stereocenters. The van der Waals surface area contributed by atoms with E-state index in [4.69, 9.17) is 14.6 Å². The van der Waals surface area contributed by atoms with Gasteiger partial charge in [-0.1, -0.05) is 0 Å². The van der Waals surface area contributed by atoms with E-state index in [-0.39, 0.29) is 31.2 Å². The molecule has 3 aromatic rings. The maximum absolute atomic E-state index is 15.2. The average molecular weight is 447 g/mol. The van der Waals surface area contributed by atoms with Gasteiger partial charge in [0, 0.05) is 31.0 Å². The number of unbranched alkanes of at least 4 members (excludes halogenated alkanes) is 2. The van der Waals surface area contributed by atoms with Gasteiger partial charge in [0.1, 0.15) is 5.69 Å². The molecule has 1 aliphatic rings. The lowest BCUT2D eigenvalue weighted by Gasteiger charge is -2.37. The summed E-state index contributed by atoms with van der Waals surface area (Å²) >= 11 is 0. The second-order valence-corrected chi connectivity index (χ2v) is 7.33. The van der Waals surface area contributed by atoms with Crippen molar-refractivity contribution >= 4 is 28.4 Å². The molecular formula is C21H23F2N5O4. The number of aliphatic hydroxyl groups excluding tert-OH is 1. The number of hydrogen-bond donors (Lipinski definition) is 2. The zero-order chi connectivity index (χ0) is 22.8. The highest BCUT2D eigenvalue weighted by Crippen LogP contribution is 2.42. The van der Waals surface area contributed by atoms with E-state index in [2.05, 4.69) is 15.2 Å². The van der Waals surface area contributed by atoms with Crippen LogP contribution in [0.15, 0.2) is 18.5 Å². The van der Waals surface area contributed by atoms with Crippen LogP contribution in [0, 0.1) is 11.6 Å². The number of aromatic amines is 1. The van der Waals surface area contributed by atoms with Crippen molar-refractivity contribution in [3.05, 3.63) is 35.7 Å². The number of nitrogens with zero attached hydrogens (tertiary/aromatic N) is 4. The van der Waals surface area contributed by atoms with Crippen molar-refractivity contribution in [3.63, 3.8) is 0 Å². The number of aliphatic hydroxyl groups is 1. The first-order chi connectivity index (χ1) is 15.5. The summed E-state index contributed by atoms with van der Waals surface area (Å²) in [6.45, 7) is 0.239. The molecule has 0 spiro atoms. The smallest absolute Gasteiger partial charge is 0.329 e. The van der Waals surface area contributed by atoms with Gasteiger partial charge in [-0.2, -0.15) is 5.10 Å². The molecule has 1 aliphatic heterocycles. The van der Waals surface area contributed by atoms with E-state index in [1.54, 1.807) is 12.4 Å². The number of amides is 2. The fourth-order valence-corrected chi connectivity index (χ4v) is 3.89. The highest BCUT2D eigenvalue weighted by atomic mass is 19.1. The van der Waals surface area contributed by atoms with Crippen LogP contribution in [-0.2, 0) is 6.54 Å². The van der Waals surface area contributed by atoms with Gasteiger partial charge in [-0.25, -0.2) is 18.6 Å². The Labute approximate surface area is 182 Å². The maximum atomic E-state index is 15.2. The van der Waals surface area contributed by atoms with Gasteiger partial charge < -0.3 is 14.6 Å². The van der Waals surface area contributed by atoms with Crippen molar-refractivity contribution in [2.75, 3.05) is 37.2 Å². The number of carbonyl (C=O) groups excluding carboxylic acids is 1. The molecule has 0 saturated carbocycles. The predicted octanol–water partition coefficient (Wildman–Crippen LogP) is 3.36. The average Bonchev–Trinajstić information content (AvgIpc) is 3.27. The number of pyridine rings is 1. The first-order valence-electron chi connectivity index (χ1n) is 10.1. The Bertz CT molecular complexity index is 1120. The molecule has 0 bridgehead atoms. The predicted molar refractivity (Wildman–Crippen MR) is 113 cm³/mol. The number of anilines is 2.